The molecule has 0 bridgehead atoms. The van der Waals surface area contributed by atoms with Gasteiger partial charge in [-0.3, -0.25) is 19.7 Å². The molecule has 0 atom stereocenters. The van der Waals surface area contributed by atoms with Gasteiger partial charge in [-0.25, -0.2) is 0 Å². The Hall–Kier alpha value is -4.07. The SMILES string of the molecule is Cc1cc(C(=O)NCc2cnc(-c3ccnc(C(F)(F)F)c3)c(C)c2)ccc1-c1ncccc1C. The number of aromatic nitrogens is 3. The third-order valence-electron chi connectivity index (χ3n) is 5.66. The maximum absolute atomic E-state index is 13.0. The Kier molecular flexibility index (Phi) is 6.64. The van der Waals surface area contributed by atoms with Gasteiger partial charge in [0, 0.05) is 41.8 Å². The molecule has 1 aromatic carbocycles. The molecule has 5 nitrogen and oxygen atoms in total. The van der Waals surface area contributed by atoms with Crippen molar-refractivity contribution in [2.24, 2.45) is 0 Å². The molecule has 0 aliphatic rings. The molecule has 0 saturated carbocycles. The quantitative estimate of drug-likeness (QED) is 0.379. The maximum atomic E-state index is 13.0. The third kappa shape index (κ3) is 5.37. The van der Waals surface area contributed by atoms with Crippen LogP contribution in [0.5, 0.6) is 0 Å². The summed E-state index contributed by atoms with van der Waals surface area (Å²) in [4.78, 5) is 24.9. The smallest absolute Gasteiger partial charge is 0.348 e. The number of carbonyl (C=O) groups excluding carboxylic acids is 1. The number of halogens is 3. The summed E-state index contributed by atoms with van der Waals surface area (Å²) in [5.74, 6) is -0.233. The van der Waals surface area contributed by atoms with Crippen LogP contribution < -0.4 is 5.32 Å². The first-order valence-corrected chi connectivity index (χ1v) is 10.9. The van der Waals surface area contributed by atoms with Crippen LogP contribution >= 0.6 is 0 Å². The van der Waals surface area contributed by atoms with E-state index in [4.69, 9.17) is 0 Å². The lowest BCUT2D eigenvalue weighted by Gasteiger charge is -2.12. The van der Waals surface area contributed by atoms with Crippen LogP contribution in [0.4, 0.5) is 13.2 Å². The number of carbonyl (C=O) groups is 1. The molecule has 4 rings (SSSR count). The molecule has 0 spiro atoms. The van der Waals surface area contributed by atoms with Crippen LogP contribution in [0.15, 0.2) is 67.1 Å². The molecule has 1 amide bonds. The van der Waals surface area contributed by atoms with Crippen molar-refractivity contribution in [1.29, 1.82) is 0 Å². The molecule has 0 unspecified atom stereocenters. The summed E-state index contributed by atoms with van der Waals surface area (Å²) >= 11 is 0. The molecular weight excluding hydrogens is 453 g/mol. The number of aryl methyl sites for hydroxylation is 3. The molecule has 0 radical (unpaired) electrons. The topological polar surface area (TPSA) is 67.8 Å². The number of pyridine rings is 3. The van der Waals surface area contributed by atoms with Crippen molar-refractivity contribution < 1.29 is 18.0 Å². The lowest BCUT2D eigenvalue weighted by molar-refractivity contribution is -0.141. The first-order chi connectivity index (χ1) is 16.6. The molecule has 3 heterocycles. The molecule has 0 aliphatic heterocycles. The molecule has 178 valence electrons. The van der Waals surface area contributed by atoms with E-state index in [1.54, 1.807) is 31.5 Å². The Morgan fingerprint density at radius 3 is 2.34 bits per heavy atom. The first kappa shape index (κ1) is 24.1. The number of hydrogen-bond acceptors (Lipinski definition) is 4. The van der Waals surface area contributed by atoms with E-state index in [0.717, 1.165) is 40.2 Å². The van der Waals surface area contributed by atoms with Crippen molar-refractivity contribution in [3.05, 3.63) is 101 Å². The summed E-state index contributed by atoms with van der Waals surface area (Å²) in [5, 5.41) is 2.88. The number of nitrogens with one attached hydrogen (secondary N) is 1. The second kappa shape index (κ2) is 9.66. The summed E-state index contributed by atoms with van der Waals surface area (Å²) in [7, 11) is 0. The number of amides is 1. The molecule has 8 heteroatoms. The van der Waals surface area contributed by atoms with Gasteiger partial charge in [-0.15, -0.1) is 0 Å². The highest BCUT2D eigenvalue weighted by Gasteiger charge is 2.32. The zero-order valence-corrected chi connectivity index (χ0v) is 19.4. The summed E-state index contributed by atoms with van der Waals surface area (Å²) in [6, 6.07) is 13.6. The van der Waals surface area contributed by atoms with Crippen LogP contribution in [-0.4, -0.2) is 20.9 Å². The zero-order valence-electron chi connectivity index (χ0n) is 19.4. The molecule has 0 saturated heterocycles. The third-order valence-corrected chi connectivity index (χ3v) is 5.66. The van der Waals surface area contributed by atoms with Crippen molar-refractivity contribution in [3.63, 3.8) is 0 Å². The predicted octanol–water partition coefficient (Wildman–Crippen LogP) is 6.08. The highest BCUT2D eigenvalue weighted by Crippen LogP contribution is 2.31. The van der Waals surface area contributed by atoms with Gasteiger partial charge in [-0.05, 0) is 73.4 Å². The van der Waals surface area contributed by atoms with Gasteiger partial charge in [0.1, 0.15) is 5.69 Å². The van der Waals surface area contributed by atoms with Gasteiger partial charge in [0.15, 0.2) is 0 Å². The van der Waals surface area contributed by atoms with Crippen molar-refractivity contribution in [1.82, 2.24) is 20.3 Å². The van der Waals surface area contributed by atoms with Crippen LogP contribution in [-0.2, 0) is 12.7 Å². The largest absolute Gasteiger partial charge is 0.433 e. The number of rotatable bonds is 5. The van der Waals surface area contributed by atoms with Crippen molar-refractivity contribution in [3.8, 4) is 22.5 Å². The lowest BCUT2D eigenvalue weighted by Crippen LogP contribution is -2.23. The Labute approximate surface area is 201 Å². The molecular formula is C27H23F3N4O. The Balaban J connectivity index is 1.47. The number of alkyl halides is 3. The van der Waals surface area contributed by atoms with Gasteiger partial charge in [0.2, 0.25) is 0 Å². The van der Waals surface area contributed by atoms with Crippen LogP contribution in [0.1, 0.15) is 38.3 Å². The Bertz CT molecular complexity index is 1400. The summed E-state index contributed by atoms with van der Waals surface area (Å²) in [6.07, 6.45) is -0.112. The molecule has 4 aromatic rings. The normalized spacial score (nSPS) is 11.4. The summed E-state index contributed by atoms with van der Waals surface area (Å²) in [6.45, 7) is 5.93. The minimum atomic E-state index is -4.53. The standard InChI is InChI=1S/C27H23F3N4O/c1-16-5-4-9-32-25(16)22-7-6-21(12-17(22)2)26(35)34-15-19-11-18(3)24(33-14-19)20-8-10-31-23(13-20)27(28,29)30/h4-14H,15H2,1-3H3,(H,34,35). The van der Waals surface area contributed by atoms with Crippen LogP contribution in [0.2, 0.25) is 0 Å². The average Bonchev–Trinajstić information content (AvgIpc) is 2.82. The molecule has 35 heavy (non-hydrogen) atoms. The Morgan fingerprint density at radius 1 is 0.857 bits per heavy atom. The maximum Gasteiger partial charge on any atom is 0.433 e. The lowest BCUT2D eigenvalue weighted by atomic mass is 9.99. The fraction of sp³-hybridized carbons (Fsp3) is 0.185. The van der Waals surface area contributed by atoms with Crippen molar-refractivity contribution >= 4 is 5.91 Å². The summed E-state index contributed by atoms with van der Waals surface area (Å²) < 4.78 is 39.0. The molecule has 0 aliphatic carbocycles. The van der Waals surface area contributed by atoms with E-state index in [9.17, 15) is 18.0 Å². The van der Waals surface area contributed by atoms with Gasteiger partial charge in [-0.2, -0.15) is 13.2 Å². The highest BCUT2D eigenvalue weighted by molar-refractivity contribution is 5.95. The first-order valence-electron chi connectivity index (χ1n) is 10.9. The monoisotopic (exact) mass is 476 g/mol. The van der Waals surface area contributed by atoms with E-state index >= 15 is 0 Å². The van der Waals surface area contributed by atoms with Gasteiger partial charge < -0.3 is 5.32 Å². The van der Waals surface area contributed by atoms with E-state index in [-0.39, 0.29) is 12.5 Å². The summed E-state index contributed by atoms with van der Waals surface area (Å²) in [5.41, 5.74) is 5.62. The van der Waals surface area contributed by atoms with Crippen molar-refractivity contribution in [2.75, 3.05) is 0 Å². The molecule has 3 aromatic heterocycles. The van der Waals surface area contributed by atoms with E-state index < -0.39 is 11.9 Å². The molecule has 1 N–H and O–H groups in total. The van der Waals surface area contributed by atoms with Gasteiger partial charge in [0.05, 0.1) is 11.4 Å². The van der Waals surface area contributed by atoms with E-state index in [0.29, 0.717) is 22.4 Å². The van der Waals surface area contributed by atoms with E-state index in [2.05, 4.69) is 20.3 Å². The number of nitrogens with zero attached hydrogens (tertiary/aromatic N) is 3. The average molecular weight is 477 g/mol. The Morgan fingerprint density at radius 2 is 1.66 bits per heavy atom. The number of hydrogen-bond donors (Lipinski definition) is 1. The fourth-order valence-corrected chi connectivity index (χ4v) is 3.89. The fourth-order valence-electron chi connectivity index (χ4n) is 3.89. The van der Waals surface area contributed by atoms with Gasteiger partial charge in [-0.1, -0.05) is 18.2 Å². The second-order valence-corrected chi connectivity index (χ2v) is 8.32. The van der Waals surface area contributed by atoms with Gasteiger partial charge in [0.25, 0.3) is 5.91 Å². The zero-order chi connectivity index (χ0) is 25.2. The minimum absolute atomic E-state index is 0.233. The van der Waals surface area contributed by atoms with Crippen LogP contribution in [0, 0.1) is 20.8 Å². The predicted molar refractivity (Wildman–Crippen MR) is 128 cm³/mol. The number of benzene rings is 1. The van der Waals surface area contributed by atoms with E-state index in [1.807, 2.05) is 38.1 Å². The highest BCUT2D eigenvalue weighted by atomic mass is 19.4. The van der Waals surface area contributed by atoms with Crippen LogP contribution in [0.25, 0.3) is 22.5 Å². The van der Waals surface area contributed by atoms with E-state index in [1.165, 1.54) is 6.07 Å². The van der Waals surface area contributed by atoms with Crippen LogP contribution in [0.3, 0.4) is 0 Å². The second-order valence-electron chi connectivity index (χ2n) is 8.32. The minimum Gasteiger partial charge on any atom is -0.348 e. The molecule has 0 fully saturated rings. The van der Waals surface area contributed by atoms with Crippen molar-refractivity contribution in [2.45, 2.75) is 33.5 Å². The van der Waals surface area contributed by atoms with Gasteiger partial charge >= 0.3 is 6.18 Å².